The molecule has 2 aromatic carbocycles. The summed E-state index contributed by atoms with van der Waals surface area (Å²) < 4.78 is 51.3. The van der Waals surface area contributed by atoms with E-state index in [0.717, 1.165) is 12.1 Å². The van der Waals surface area contributed by atoms with Crippen LogP contribution in [0.3, 0.4) is 0 Å². The van der Waals surface area contributed by atoms with Gasteiger partial charge in [0.25, 0.3) is 5.91 Å². The first-order chi connectivity index (χ1) is 15.9. The Balaban J connectivity index is 1.64. The van der Waals surface area contributed by atoms with Crippen molar-refractivity contribution in [2.75, 3.05) is 23.0 Å². The predicted octanol–water partition coefficient (Wildman–Crippen LogP) is 3.56. The van der Waals surface area contributed by atoms with Crippen LogP contribution in [0.5, 0.6) is 5.75 Å². The Morgan fingerprint density at radius 1 is 1.18 bits per heavy atom. The highest BCUT2D eigenvalue weighted by Crippen LogP contribution is 2.42. The first-order valence-electron chi connectivity index (χ1n) is 10.4. The number of aliphatic hydroxyl groups is 1. The zero-order chi connectivity index (χ0) is 24.8. The number of alkyl halides is 3. The van der Waals surface area contributed by atoms with Gasteiger partial charge in [-0.3, -0.25) is 9.69 Å². The third-order valence-corrected chi connectivity index (χ3v) is 6.38. The van der Waals surface area contributed by atoms with Crippen LogP contribution in [0.1, 0.15) is 25.0 Å². The first kappa shape index (κ1) is 24.2. The minimum Gasteiger partial charge on any atom is -0.485 e. The van der Waals surface area contributed by atoms with Crippen molar-refractivity contribution in [2.45, 2.75) is 43.3 Å². The normalized spacial score (nSPS) is 24.4. The molecule has 2 heterocycles. The molecule has 0 radical (unpaired) electrons. The molecule has 180 valence electrons. The minimum absolute atomic E-state index is 0.0120. The van der Waals surface area contributed by atoms with Crippen LogP contribution < -0.4 is 14.5 Å². The molecule has 0 saturated carbocycles. The number of hydrogen-bond donors (Lipinski definition) is 2. The molecule has 0 aromatic heterocycles. The van der Waals surface area contributed by atoms with E-state index in [9.17, 15) is 23.1 Å². The van der Waals surface area contributed by atoms with E-state index in [2.05, 4.69) is 12.6 Å². The molecule has 2 saturated heterocycles. The van der Waals surface area contributed by atoms with Crippen LogP contribution in [0.4, 0.5) is 24.5 Å². The maximum absolute atomic E-state index is 13.5. The Hall–Kier alpha value is -2.94. The summed E-state index contributed by atoms with van der Waals surface area (Å²) in [6, 6.07) is 11.5. The lowest BCUT2D eigenvalue weighted by Gasteiger charge is -2.33. The Bertz CT molecular complexity index is 1130. The number of nitriles is 1. The molecule has 2 aromatic rings. The Labute approximate surface area is 199 Å². The van der Waals surface area contributed by atoms with Gasteiger partial charge < -0.3 is 19.5 Å². The van der Waals surface area contributed by atoms with Gasteiger partial charge in [-0.25, -0.2) is 0 Å². The van der Waals surface area contributed by atoms with E-state index in [1.54, 1.807) is 43.0 Å². The molecule has 7 nitrogen and oxygen atoms in total. The Morgan fingerprint density at radius 3 is 2.38 bits per heavy atom. The highest BCUT2D eigenvalue weighted by Gasteiger charge is 2.51. The van der Waals surface area contributed by atoms with E-state index >= 15 is 0 Å². The fourth-order valence-corrected chi connectivity index (χ4v) is 4.78. The van der Waals surface area contributed by atoms with Crippen molar-refractivity contribution in [3.63, 3.8) is 0 Å². The fourth-order valence-electron chi connectivity index (χ4n) is 4.12. The number of carbonyl (C=O) groups excluding carboxylic acids is 1. The fraction of sp³-hybridized carbons (Fsp3) is 0.391. The van der Waals surface area contributed by atoms with Gasteiger partial charge in [-0.15, -0.1) is 12.6 Å². The highest BCUT2D eigenvalue weighted by atomic mass is 32.1. The lowest BCUT2D eigenvalue weighted by molar-refractivity contribution is -0.137. The van der Waals surface area contributed by atoms with Crippen molar-refractivity contribution in [1.82, 2.24) is 0 Å². The molecule has 2 fully saturated rings. The van der Waals surface area contributed by atoms with Crippen LogP contribution in [0.15, 0.2) is 42.5 Å². The summed E-state index contributed by atoms with van der Waals surface area (Å²) in [5.41, 5.74) is -3.09. The van der Waals surface area contributed by atoms with Crippen LogP contribution in [0, 0.1) is 11.3 Å². The number of amides is 1. The van der Waals surface area contributed by atoms with Crippen LogP contribution in [-0.2, 0) is 15.7 Å². The van der Waals surface area contributed by atoms with Gasteiger partial charge >= 0.3 is 6.18 Å². The number of benzene rings is 2. The first-order valence-corrected chi connectivity index (χ1v) is 10.9. The van der Waals surface area contributed by atoms with Gasteiger partial charge in [-0.2, -0.15) is 18.4 Å². The molecule has 4 rings (SSSR count). The van der Waals surface area contributed by atoms with Gasteiger partial charge in [0.1, 0.15) is 23.5 Å². The molecule has 0 spiro atoms. The summed E-state index contributed by atoms with van der Waals surface area (Å²) in [7, 11) is 0. The quantitative estimate of drug-likeness (QED) is 0.634. The molecule has 2 aliphatic rings. The molecule has 0 bridgehead atoms. The number of nitrogens with zero attached hydrogens (tertiary/aromatic N) is 3. The molecular weight excluding hydrogens is 471 g/mol. The number of anilines is 2. The third kappa shape index (κ3) is 4.17. The number of aliphatic hydroxyl groups excluding tert-OH is 1. The third-order valence-electron chi connectivity index (χ3n) is 5.92. The Morgan fingerprint density at radius 2 is 1.82 bits per heavy atom. The maximum atomic E-state index is 13.5. The van der Waals surface area contributed by atoms with Crippen LogP contribution >= 0.6 is 12.6 Å². The predicted molar refractivity (Wildman–Crippen MR) is 121 cm³/mol. The maximum Gasteiger partial charge on any atom is 0.417 e. The average Bonchev–Trinajstić information content (AvgIpc) is 3.25. The molecule has 34 heavy (non-hydrogen) atoms. The molecular formula is C23H22F3N3O4S. The molecule has 0 aliphatic carbocycles. The lowest BCUT2D eigenvalue weighted by Crippen LogP contribution is -2.44. The molecule has 3 unspecified atom stereocenters. The monoisotopic (exact) mass is 493 g/mol. The summed E-state index contributed by atoms with van der Waals surface area (Å²) >= 11 is 4.57. The average molecular weight is 494 g/mol. The van der Waals surface area contributed by atoms with Crippen molar-refractivity contribution in [3.05, 3.63) is 53.6 Å². The van der Waals surface area contributed by atoms with E-state index < -0.39 is 46.5 Å². The smallest absolute Gasteiger partial charge is 0.417 e. The topological polar surface area (TPSA) is 86.0 Å². The summed E-state index contributed by atoms with van der Waals surface area (Å²) in [5.74, 6) is 0.0491. The number of rotatable bonds is 4. The SMILES string of the molecule is CC1(C)C(=O)N(c2ccc(C#N)c(C(F)(F)F)c2)C(S)N1c1ccc(OC2COCC2O)cc1. The van der Waals surface area contributed by atoms with Gasteiger partial charge in [-0.05, 0) is 56.3 Å². The number of thiol groups is 1. The molecule has 2 aliphatic heterocycles. The van der Waals surface area contributed by atoms with Crippen molar-refractivity contribution in [2.24, 2.45) is 0 Å². The van der Waals surface area contributed by atoms with Gasteiger partial charge in [-0.1, -0.05) is 0 Å². The lowest BCUT2D eigenvalue weighted by atomic mass is 10.0. The van der Waals surface area contributed by atoms with E-state index in [1.165, 1.54) is 17.0 Å². The van der Waals surface area contributed by atoms with Gasteiger partial charge in [0.15, 0.2) is 5.50 Å². The molecule has 3 atom stereocenters. The van der Waals surface area contributed by atoms with Crippen molar-refractivity contribution < 1.29 is 32.5 Å². The van der Waals surface area contributed by atoms with Crippen LogP contribution in [-0.4, -0.2) is 47.5 Å². The van der Waals surface area contributed by atoms with E-state index in [1.807, 2.05) is 0 Å². The summed E-state index contributed by atoms with van der Waals surface area (Å²) in [4.78, 5) is 16.2. The van der Waals surface area contributed by atoms with Gasteiger partial charge in [0.2, 0.25) is 0 Å². The molecule has 1 N–H and O–H groups in total. The zero-order valence-electron chi connectivity index (χ0n) is 18.3. The summed E-state index contributed by atoms with van der Waals surface area (Å²) in [6.45, 7) is 3.79. The molecule has 1 amide bonds. The van der Waals surface area contributed by atoms with Crippen molar-refractivity contribution in [1.29, 1.82) is 5.26 Å². The van der Waals surface area contributed by atoms with Crippen molar-refractivity contribution in [3.8, 4) is 11.8 Å². The number of carbonyl (C=O) groups is 1. The summed E-state index contributed by atoms with van der Waals surface area (Å²) in [5, 5.41) is 18.9. The molecule has 11 heteroatoms. The number of halogens is 3. The van der Waals surface area contributed by atoms with Crippen LogP contribution in [0.2, 0.25) is 0 Å². The van der Waals surface area contributed by atoms with Crippen molar-refractivity contribution >= 4 is 29.9 Å². The van der Waals surface area contributed by atoms with Gasteiger partial charge in [0.05, 0.1) is 30.4 Å². The second kappa shape index (κ2) is 8.69. The van der Waals surface area contributed by atoms with E-state index in [4.69, 9.17) is 14.7 Å². The standard InChI is InChI=1S/C23H22F3N3O4S/c1-22(2)20(31)28(15-4-3-13(10-27)17(9-15)23(24,25)26)21(34)29(22)14-5-7-16(8-6-14)33-19-12-32-11-18(19)30/h3-9,18-19,21,30,34H,11-12H2,1-2H3. The second-order valence-electron chi connectivity index (χ2n) is 8.55. The largest absolute Gasteiger partial charge is 0.485 e. The Kier molecular flexibility index (Phi) is 6.18. The zero-order valence-corrected chi connectivity index (χ0v) is 19.2. The number of hydrogen-bond acceptors (Lipinski definition) is 7. The number of ether oxygens (including phenoxy) is 2. The van der Waals surface area contributed by atoms with E-state index in [0.29, 0.717) is 11.4 Å². The second-order valence-corrected chi connectivity index (χ2v) is 9.01. The highest BCUT2D eigenvalue weighted by molar-refractivity contribution is 7.81. The van der Waals surface area contributed by atoms with Gasteiger partial charge in [0, 0.05) is 11.4 Å². The van der Waals surface area contributed by atoms with Crippen LogP contribution in [0.25, 0.3) is 0 Å². The van der Waals surface area contributed by atoms with E-state index in [-0.39, 0.29) is 18.9 Å². The summed E-state index contributed by atoms with van der Waals surface area (Å²) in [6.07, 6.45) is -5.96. The minimum atomic E-state index is -4.75.